The maximum absolute atomic E-state index is 13.1. The molecule has 21 heavy (non-hydrogen) atoms. The molecule has 0 bridgehead atoms. The molecule has 0 unspecified atom stereocenters. The van der Waals surface area contributed by atoms with E-state index in [0.717, 1.165) is 12.8 Å². The Morgan fingerprint density at radius 1 is 1.14 bits per heavy atom. The van der Waals surface area contributed by atoms with Gasteiger partial charge in [0.2, 0.25) is 5.95 Å². The molecule has 0 spiro atoms. The van der Waals surface area contributed by atoms with Crippen molar-refractivity contribution >= 4 is 5.91 Å². The highest BCUT2D eigenvalue weighted by Gasteiger charge is 2.24. The van der Waals surface area contributed by atoms with Crippen molar-refractivity contribution < 1.29 is 9.18 Å². The molecule has 2 heterocycles. The summed E-state index contributed by atoms with van der Waals surface area (Å²) in [6, 6.07) is 13.2. The van der Waals surface area contributed by atoms with Gasteiger partial charge in [-0.3, -0.25) is 4.79 Å². The lowest BCUT2D eigenvalue weighted by Crippen LogP contribution is -2.38. The first-order valence-corrected chi connectivity index (χ1v) is 7.20. The fourth-order valence-electron chi connectivity index (χ4n) is 2.86. The van der Waals surface area contributed by atoms with Gasteiger partial charge in [-0.15, -0.1) is 0 Å². The number of pyridine rings is 1. The first kappa shape index (κ1) is 13.7. The summed E-state index contributed by atoms with van der Waals surface area (Å²) in [6.45, 7) is 1.42. The van der Waals surface area contributed by atoms with Crippen LogP contribution in [-0.4, -0.2) is 28.9 Å². The van der Waals surface area contributed by atoms with Gasteiger partial charge in [0.15, 0.2) is 0 Å². The summed E-state index contributed by atoms with van der Waals surface area (Å²) in [7, 11) is 0. The molecule has 1 fully saturated rings. The van der Waals surface area contributed by atoms with Gasteiger partial charge in [-0.2, -0.15) is 4.39 Å². The van der Waals surface area contributed by atoms with Gasteiger partial charge in [0.05, 0.1) is 0 Å². The molecule has 1 aliphatic heterocycles. The van der Waals surface area contributed by atoms with Crippen LogP contribution < -0.4 is 0 Å². The first-order chi connectivity index (χ1) is 10.2. The molecule has 108 valence electrons. The lowest BCUT2D eigenvalue weighted by atomic mass is 9.89. The van der Waals surface area contributed by atoms with E-state index >= 15 is 0 Å². The third-order valence-corrected chi connectivity index (χ3v) is 4.03. The van der Waals surface area contributed by atoms with Crippen LogP contribution in [0.3, 0.4) is 0 Å². The molecule has 0 aliphatic carbocycles. The summed E-state index contributed by atoms with van der Waals surface area (Å²) in [5.41, 5.74) is 1.71. The van der Waals surface area contributed by atoms with E-state index in [1.54, 1.807) is 11.0 Å². The van der Waals surface area contributed by atoms with Gasteiger partial charge < -0.3 is 4.90 Å². The van der Waals surface area contributed by atoms with Crippen LogP contribution in [0.25, 0.3) is 0 Å². The maximum Gasteiger partial charge on any atom is 0.254 e. The molecule has 1 aliphatic rings. The summed E-state index contributed by atoms with van der Waals surface area (Å²) < 4.78 is 13.1. The zero-order chi connectivity index (χ0) is 14.7. The number of likely N-dealkylation sites (tertiary alicyclic amines) is 1. The topological polar surface area (TPSA) is 33.2 Å². The Morgan fingerprint density at radius 3 is 2.52 bits per heavy atom. The van der Waals surface area contributed by atoms with Gasteiger partial charge in [-0.25, -0.2) is 4.98 Å². The highest BCUT2D eigenvalue weighted by Crippen LogP contribution is 2.28. The van der Waals surface area contributed by atoms with Crippen molar-refractivity contribution in [2.24, 2.45) is 0 Å². The summed E-state index contributed by atoms with van der Waals surface area (Å²) in [4.78, 5) is 17.6. The molecule has 4 heteroatoms. The first-order valence-electron chi connectivity index (χ1n) is 7.20. The predicted molar refractivity (Wildman–Crippen MR) is 78.5 cm³/mol. The number of amides is 1. The van der Waals surface area contributed by atoms with Gasteiger partial charge in [0.25, 0.3) is 5.91 Å². The standard InChI is InChI=1S/C17H17FN2O/c18-16-12-15(6-9-19-16)17(21)20-10-7-14(8-11-20)13-4-2-1-3-5-13/h1-6,9,12,14H,7-8,10-11H2. The lowest BCUT2D eigenvalue weighted by Gasteiger charge is -2.32. The van der Waals surface area contributed by atoms with E-state index in [2.05, 4.69) is 17.1 Å². The number of rotatable bonds is 2. The minimum atomic E-state index is -0.611. The third kappa shape index (κ3) is 3.10. The molecule has 1 aromatic carbocycles. The number of carbonyl (C=O) groups excluding carboxylic acids is 1. The van der Waals surface area contributed by atoms with Gasteiger partial charge in [-0.05, 0) is 30.4 Å². The summed E-state index contributed by atoms with van der Waals surface area (Å²) >= 11 is 0. The van der Waals surface area contributed by atoms with E-state index in [4.69, 9.17) is 0 Å². The van der Waals surface area contributed by atoms with Crippen molar-refractivity contribution in [2.75, 3.05) is 13.1 Å². The average molecular weight is 284 g/mol. The molecule has 2 aromatic rings. The second-order valence-corrected chi connectivity index (χ2v) is 5.34. The van der Waals surface area contributed by atoms with Crippen molar-refractivity contribution in [3.8, 4) is 0 Å². The van der Waals surface area contributed by atoms with Crippen molar-refractivity contribution in [2.45, 2.75) is 18.8 Å². The van der Waals surface area contributed by atoms with Crippen molar-refractivity contribution in [1.82, 2.24) is 9.88 Å². The van der Waals surface area contributed by atoms with E-state index in [1.807, 2.05) is 18.2 Å². The van der Waals surface area contributed by atoms with Crippen molar-refractivity contribution in [3.63, 3.8) is 0 Å². The Hall–Kier alpha value is -2.23. The molecule has 0 atom stereocenters. The lowest BCUT2D eigenvalue weighted by molar-refractivity contribution is 0.0712. The highest BCUT2D eigenvalue weighted by atomic mass is 19.1. The Morgan fingerprint density at radius 2 is 1.86 bits per heavy atom. The molecule has 1 aromatic heterocycles. The van der Waals surface area contributed by atoms with Crippen LogP contribution in [0.4, 0.5) is 4.39 Å². The third-order valence-electron chi connectivity index (χ3n) is 4.03. The minimum absolute atomic E-state index is 0.109. The molecule has 0 radical (unpaired) electrons. The van der Waals surface area contributed by atoms with Crippen molar-refractivity contribution in [1.29, 1.82) is 0 Å². The van der Waals surface area contributed by atoms with Crippen LogP contribution in [0.2, 0.25) is 0 Å². The Kier molecular flexibility index (Phi) is 3.95. The molecule has 0 N–H and O–H groups in total. The SMILES string of the molecule is O=C(c1ccnc(F)c1)N1CCC(c2ccccc2)CC1. The second-order valence-electron chi connectivity index (χ2n) is 5.34. The molecule has 3 rings (SSSR count). The average Bonchev–Trinajstić information content (AvgIpc) is 2.55. The smallest absolute Gasteiger partial charge is 0.254 e. The normalized spacial score (nSPS) is 16.0. The number of carbonyl (C=O) groups is 1. The monoisotopic (exact) mass is 284 g/mol. The quantitative estimate of drug-likeness (QED) is 0.793. The zero-order valence-electron chi connectivity index (χ0n) is 11.7. The largest absolute Gasteiger partial charge is 0.339 e. The molecule has 0 saturated carbocycles. The predicted octanol–water partition coefficient (Wildman–Crippen LogP) is 3.24. The van der Waals surface area contributed by atoms with E-state index in [9.17, 15) is 9.18 Å². The maximum atomic E-state index is 13.1. The Labute approximate surface area is 123 Å². The number of nitrogens with zero attached hydrogens (tertiary/aromatic N) is 2. The van der Waals surface area contributed by atoms with Crippen LogP contribution in [0.5, 0.6) is 0 Å². The fourth-order valence-corrected chi connectivity index (χ4v) is 2.86. The molecule has 1 amide bonds. The van der Waals surface area contributed by atoms with Crippen LogP contribution >= 0.6 is 0 Å². The minimum Gasteiger partial charge on any atom is -0.339 e. The highest BCUT2D eigenvalue weighted by molar-refractivity contribution is 5.94. The van der Waals surface area contributed by atoms with Crippen molar-refractivity contribution in [3.05, 3.63) is 65.7 Å². The van der Waals surface area contributed by atoms with E-state index in [0.29, 0.717) is 24.6 Å². The summed E-state index contributed by atoms with van der Waals surface area (Å²) in [5, 5.41) is 0. The van der Waals surface area contributed by atoms with E-state index in [-0.39, 0.29) is 5.91 Å². The number of halogens is 1. The Bertz CT molecular complexity index is 622. The summed E-state index contributed by atoms with van der Waals surface area (Å²) in [6.07, 6.45) is 3.23. The number of piperidine rings is 1. The van der Waals surface area contributed by atoms with Gasteiger partial charge in [0.1, 0.15) is 0 Å². The number of aromatic nitrogens is 1. The molecule has 3 nitrogen and oxygen atoms in total. The number of hydrogen-bond acceptors (Lipinski definition) is 2. The Balaban J connectivity index is 1.64. The zero-order valence-corrected chi connectivity index (χ0v) is 11.7. The molecular weight excluding hydrogens is 267 g/mol. The number of hydrogen-bond donors (Lipinski definition) is 0. The molecular formula is C17H17FN2O. The van der Waals surface area contributed by atoms with Gasteiger partial charge >= 0.3 is 0 Å². The van der Waals surface area contributed by atoms with Crippen LogP contribution in [0.1, 0.15) is 34.7 Å². The van der Waals surface area contributed by atoms with E-state index < -0.39 is 5.95 Å². The van der Waals surface area contributed by atoms with Crippen LogP contribution in [0.15, 0.2) is 48.7 Å². The molecule has 1 saturated heterocycles. The summed E-state index contributed by atoms with van der Waals surface area (Å²) in [5.74, 6) is -0.216. The van der Waals surface area contributed by atoms with Gasteiger partial charge in [-0.1, -0.05) is 30.3 Å². The fraction of sp³-hybridized carbons (Fsp3) is 0.294. The number of benzene rings is 1. The van der Waals surface area contributed by atoms with Gasteiger partial charge in [0, 0.05) is 30.9 Å². The van der Waals surface area contributed by atoms with Crippen LogP contribution in [0, 0.1) is 5.95 Å². The van der Waals surface area contributed by atoms with Crippen LogP contribution in [-0.2, 0) is 0 Å². The second kappa shape index (κ2) is 6.04. The van der Waals surface area contributed by atoms with E-state index in [1.165, 1.54) is 17.8 Å².